The summed E-state index contributed by atoms with van der Waals surface area (Å²) >= 11 is 3.12. The third-order valence-corrected chi connectivity index (χ3v) is 4.34. The van der Waals surface area contributed by atoms with Crippen LogP contribution in [0.1, 0.15) is 18.2 Å². The third-order valence-electron chi connectivity index (χ3n) is 2.49. The predicted molar refractivity (Wildman–Crippen MR) is 82.7 cm³/mol. The largest absolute Gasteiger partial charge is 0.301 e. The average molecular weight is 310 g/mol. The third kappa shape index (κ3) is 4.68. The summed E-state index contributed by atoms with van der Waals surface area (Å²) in [5.41, 5.74) is 1.50. The highest BCUT2D eigenvalue weighted by molar-refractivity contribution is 7.98. The lowest BCUT2D eigenvalue weighted by molar-refractivity contribution is 0.626. The molecule has 2 aromatic rings. The zero-order chi connectivity index (χ0) is 14.4. The van der Waals surface area contributed by atoms with Crippen LogP contribution in [0.15, 0.2) is 40.3 Å². The maximum absolute atomic E-state index is 13.1. The number of nitrogens with zero attached hydrogens (tertiary/aromatic N) is 1. The van der Waals surface area contributed by atoms with E-state index in [0.717, 1.165) is 22.8 Å². The number of thioether (sulfide) groups is 2. The van der Waals surface area contributed by atoms with E-state index in [0.29, 0.717) is 10.9 Å². The number of aromatic amines is 1. The molecule has 0 aliphatic carbocycles. The number of nitrogens with one attached hydrogen (secondary N) is 1. The van der Waals surface area contributed by atoms with Gasteiger partial charge in [0.2, 0.25) is 0 Å². The van der Waals surface area contributed by atoms with Crippen LogP contribution in [-0.4, -0.2) is 15.7 Å². The Balaban J connectivity index is 2.05. The van der Waals surface area contributed by atoms with Crippen LogP contribution in [0.25, 0.3) is 0 Å². The van der Waals surface area contributed by atoms with Gasteiger partial charge in [-0.25, -0.2) is 9.37 Å². The highest BCUT2D eigenvalue weighted by atomic mass is 32.2. The first-order valence-electron chi connectivity index (χ1n) is 6.22. The summed E-state index contributed by atoms with van der Waals surface area (Å²) in [6.45, 7) is 2.07. The molecule has 6 heteroatoms. The van der Waals surface area contributed by atoms with Gasteiger partial charge in [0.1, 0.15) is 5.82 Å². The van der Waals surface area contributed by atoms with Gasteiger partial charge in [-0.3, -0.25) is 4.79 Å². The maximum atomic E-state index is 13.1. The van der Waals surface area contributed by atoms with E-state index >= 15 is 0 Å². The molecule has 0 radical (unpaired) electrons. The lowest BCUT2D eigenvalue weighted by Crippen LogP contribution is -2.09. The fourth-order valence-electron chi connectivity index (χ4n) is 1.61. The van der Waals surface area contributed by atoms with E-state index in [9.17, 15) is 9.18 Å². The summed E-state index contributed by atoms with van der Waals surface area (Å²) in [6, 6.07) is 7.95. The van der Waals surface area contributed by atoms with Crippen LogP contribution in [0.3, 0.4) is 0 Å². The second-order valence-electron chi connectivity index (χ2n) is 4.10. The van der Waals surface area contributed by atoms with Crippen LogP contribution in [0.5, 0.6) is 0 Å². The molecule has 0 aliphatic heterocycles. The van der Waals surface area contributed by atoms with Gasteiger partial charge >= 0.3 is 0 Å². The minimum atomic E-state index is -0.252. The highest BCUT2D eigenvalue weighted by Gasteiger charge is 2.03. The van der Waals surface area contributed by atoms with Crippen LogP contribution in [-0.2, 0) is 11.5 Å². The molecule has 0 spiro atoms. The number of hydrogen-bond donors (Lipinski definition) is 1. The first-order chi connectivity index (χ1) is 9.67. The molecular weight excluding hydrogens is 295 g/mol. The Bertz CT molecular complexity index is 631. The fourth-order valence-corrected chi connectivity index (χ4v) is 3.01. The highest BCUT2D eigenvalue weighted by Crippen LogP contribution is 2.19. The number of H-pyrrole nitrogens is 1. The lowest BCUT2D eigenvalue weighted by atomic mass is 10.2. The lowest BCUT2D eigenvalue weighted by Gasteiger charge is -2.04. The van der Waals surface area contributed by atoms with Crippen molar-refractivity contribution < 1.29 is 4.39 Å². The zero-order valence-electron chi connectivity index (χ0n) is 11.1. The molecule has 106 valence electrons. The molecule has 2 rings (SSSR count). The van der Waals surface area contributed by atoms with Gasteiger partial charge in [-0.05, 0) is 23.4 Å². The number of hydrogen-bond acceptors (Lipinski definition) is 4. The average Bonchev–Trinajstić information content (AvgIpc) is 2.42. The Labute approximate surface area is 125 Å². The predicted octanol–water partition coefficient (Wildman–Crippen LogP) is 3.45. The molecule has 0 aliphatic rings. The van der Waals surface area contributed by atoms with Gasteiger partial charge in [0.25, 0.3) is 5.56 Å². The molecule has 0 saturated carbocycles. The number of rotatable bonds is 6. The monoisotopic (exact) mass is 310 g/mol. The minimum absolute atomic E-state index is 0.145. The standard InChI is InChI=1S/C14H15FN2OS2/c1-2-19-9-12-7-13(18)17-14(16-12)20-8-10-4-3-5-11(15)6-10/h3-7H,2,8-9H2,1H3,(H,16,17,18). The smallest absolute Gasteiger partial charge is 0.251 e. The van der Waals surface area contributed by atoms with Crippen molar-refractivity contribution in [2.24, 2.45) is 0 Å². The molecule has 1 aromatic heterocycles. The van der Waals surface area contributed by atoms with Crippen LogP contribution >= 0.6 is 23.5 Å². The van der Waals surface area contributed by atoms with Crippen molar-refractivity contribution >= 4 is 23.5 Å². The van der Waals surface area contributed by atoms with Crippen LogP contribution < -0.4 is 5.56 Å². The molecule has 0 fully saturated rings. The first kappa shape index (κ1) is 15.1. The number of benzene rings is 1. The molecule has 20 heavy (non-hydrogen) atoms. The molecule has 0 amide bonds. The summed E-state index contributed by atoms with van der Waals surface area (Å²) < 4.78 is 13.1. The zero-order valence-corrected chi connectivity index (χ0v) is 12.7. The van der Waals surface area contributed by atoms with Crippen molar-refractivity contribution in [1.29, 1.82) is 0 Å². The quantitative estimate of drug-likeness (QED) is 0.655. The van der Waals surface area contributed by atoms with Crippen molar-refractivity contribution in [2.45, 2.75) is 23.6 Å². The molecule has 3 nitrogen and oxygen atoms in total. The number of aromatic nitrogens is 2. The summed E-state index contributed by atoms with van der Waals surface area (Å²) in [7, 11) is 0. The molecular formula is C14H15FN2OS2. The molecule has 1 aromatic carbocycles. The SMILES string of the molecule is CCSCc1cc(=O)[nH]c(SCc2cccc(F)c2)n1. The van der Waals surface area contributed by atoms with Gasteiger partial charge < -0.3 is 4.98 Å². The Morgan fingerprint density at radius 2 is 2.15 bits per heavy atom. The van der Waals surface area contributed by atoms with Crippen molar-refractivity contribution in [3.63, 3.8) is 0 Å². The summed E-state index contributed by atoms with van der Waals surface area (Å²) in [4.78, 5) is 18.7. The maximum Gasteiger partial charge on any atom is 0.251 e. The van der Waals surface area contributed by atoms with Crippen LogP contribution in [0.2, 0.25) is 0 Å². The van der Waals surface area contributed by atoms with Crippen molar-refractivity contribution in [1.82, 2.24) is 9.97 Å². The van der Waals surface area contributed by atoms with E-state index in [1.807, 2.05) is 6.07 Å². The molecule has 0 atom stereocenters. The Morgan fingerprint density at radius 1 is 1.30 bits per heavy atom. The van der Waals surface area contributed by atoms with Gasteiger partial charge in [0.05, 0.1) is 5.69 Å². The van der Waals surface area contributed by atoms with Gasteiger partial charge in [0, 0.05) is 17.6 Å². The summed E-state index contributed by atoms with van der Waals surface area (Å²) in [6.07, 6.45) is 0. The second-order valence-corrected chi connectivity index (χ2v) is 6.34. The second kappa shape index (κ2) is 7.50. The molecule has 1 N–H and O–H groups in total. The van der Waals surface area contributed by atoms with E-state index in [4.69, 9.17) is 0 Å². The van der Waals surface area contributed by atoms with E-state index in [1.165, 1.54) is 30.0 Å². The van der Waals surface area contributed by atoms with Crippen molar-refractivity contribution in [3.8, 4) is 0 Å². The van der Waals surface area contributed by atoms with Gasteiger partial charge in [-0.2, -0.15) is 11.8 Å². The van der Waals surface area contributed by atoms with Crippen molar-refractivity contribution in [2.75, 3.05) is 5.75 Å². The van der Waals surface area contributed by atoms with Gasteiger partial charge in [-0.1, -0.05) is 30.8 Å². The van der Waals surface area contributed by atoms with E-state index in [-0.39, 0.29) is 11.4 Å². The normalized spacial score (nSPS) is 10.7. The van der Waals surface area contributed by atoms with Crippen LogP contribution in [0, 0.1) is 5.82 Å². The molecule has 0 saturated heterocycles. The van der Waals surface area contributed by atoms with Crippen LogP contribution in [0.4, 0.5) is 4.39 Å². The van der Waals surface area contributed by atoms with E-state index < -0.39 is 0 Å². The molecule has 1 heterocycles. The topological polar surface area (TPSA) is 45.8 Å². The minimum Gasteiger partial charge on any atom is -0.301 e. The number of halogens is 1. The van der Waals surface area contributed by atoms with E-state index in [1.54, 1.807) is 17.8 Å². The summed E-state index contributed by atoms with van der Waals surface area (Å²) in [5.74, 6) is 2.04. The molecule has 0 bridgehead atoms. The summed E-state index contributed by atoms with van der Waals surface area (Å²) in [5, 5.41) is 0.577. The van der Waals surface area contributed by atoms with Crippen molar-refractivity contribution in [3.05, 3.63) is 57.8 Å². The Kier molecular flexibility index (Phi) is 5.67. The first-order valence-corrected chi connectivity index (χ1v) is 8.36. The molecule has 0 unspecified atom stereocenters. The van der Waals surface area contributed by atoms with Gasteiger partial charge in [-0.15, -0.1) is 0 Å². The fraction of sp³-hybridized carbons (Fsp3) is 0.286. The Hall–Kier alpha value is -1.27. The van der Waals surface area contributed by atoms with E-state index in [2.05, 4.69) is 16.9 Å². The van der Waals surface area contributed by atoms with Gasteiger partial charge in [0.15, 0.2) is 5.16 Å². The Morgan fingerprint density at radius 3 is 2.90 bits per heavy atom.